The minimum Gasteiger partial charge on any atom is -0.461 e. The lowest BCUT2D eigenvalue weighted by molar-refractivity contribution is 0.353. The predicted molar refractivity (Wildman–Crippen MR) is 103 cm³/mol. The molecule has 0 spiro atoms. The van der Waals surface area contributed by atoms with Crippen molar-refractivity contribution in [2.45, 2.75) is 31.9 Å². The second kappa shape index (κ2) is 7.71. The average Bonchev–Trinajstić information content (AvgIpc) is 3.28. The monoisotopic (exact) mass is 394 g/mol. The molecule has 0 aliphatic carbocycles. The van der Waals surface area contributed by atoms with Crippen LogP contribution in [-0.4, -0.2) is 71.1 Å². The van der Waals surface area contributed by atoms with Crippen LogP contribution in [0.3, 0.4) is 0 Å². The first kappa shape index (κ1) is 19.4. The summed E-state index contributed by atoms with van der Waals surface area (Å²) in [6, 6.07) is 3.60. The number of nitrogens with zero attached hydrogens (tertiary/aromatic N) is 4. The van der Waals surface area contributed by atoms with E-state index in [1.54, 1.807) is 32.2 Å². The number of sulfone groups is 1. The Morgan fingerprint density at radius 1 is 1.48 bits per heavy atom. The van der Waals surface area contributed by atoms with Gasteiger partial charge in [0.05, 0.1) is 16.8 Å². The Morgan fingerprint density at radius 3 is 2.96 bits per heavy atom. The summed E-state index contributed by atoms with van der Waals surface area (Å²) in [7, 11) is -3.08. The Morgan fingerprint density at radius 2 is 2.30 bits per heavy atom. The van der Waals surface area contributed by atoms with Crippen LogP contribution >= 0.6 is 0 Å². The van der Waals surface area contributed by atoms with Crippen molar-refractivity contribution in [1.82, 2.24) is 25.4 Å². The van der Waals surface area contributed by atoms with Gasteiger partial charge in [-0.2, -0.15) is 5.10 Å². The number of nitrogens with one attached hydrogen (secondary N) is 2. The molecule has 9 nitrogen and oxygen atoms in total. The molecule has 148 valence electrons. The quantitative estimate of drug-likeness (QED) is 0.576. The van der Waals surface area contributed by atoms with Gasteiger partial charge in [-0.05, 0) is 32.9 Å². The van der Waals surface area contributed by atoms with Crippen LogP contribution in [-0.2, 0) is 16.3 Å². The van der Waals surface area contributed by atoms with Gasteiger partial charge in [-0.15, -0.1) is 0 Å². The Balaban J connectivity index is 1.64. The molecule has 0 amide bonds. The first-order chi connectivity index (χ1) is 12.8. The Hall–Kier alpha value is -2.36. The summed E-state index contributed by atoms with van der Waals surface area (Å²) in [4.78, 5) is 11.1. The second-order valence-electron chi connectivity index (χ2n) is 7.07. The van der Waals surface area contributed by atoms with E-state index in [0.29, 0.717) is 44.2 Å². The lowest BCUT2D eigenvalue weighted by Crippen LogP contribution is -2.57. The van der Waals surface area contributed by atoms with E-state index in [2.05, 4.69) is 25.5 Å². The van der Waals surface area contributed by atoms with Crippen molar-refractivity contribution in [3.63, 3.8) is 0 Å². The van der Waals surface area contributed by atoms with Gasteiger partial charge in [-0.25, -0.2) is 13.4 Å². The van der Waals surface area contributed by atoms with Crippen molar-refractivity contribution in [2.75, 3.05) is 31.9 Å². The highest BCUT2D eigenvalue weighted by Crippen LogP contribution is 2.23. The fraction of sp³-hybridized carbons (Fsp3) is 0.588. The van der Waals surface area contributed by atoms with Gasteiger partial charge in [0.2, 0.25) is 5.82 Å². The highest BCUT2D eigenvalue weighted by molar-refractivity contribution is 7.92. The zero-order valence-corrected chi connectivity index (χ0v) is 16.7. The van der Waals surface area contributed by atoms with Crippen LogP contribution in [0.1, 0.15) is 26.6 Å². The molecule has 27 heavy (non-hydrogen) atoms. The van der Waals surface area contributed by atoms with Gasteiger partial charge in [0.25, 0.3) is 0 Å². The Kier molecular flexibility index (Phi) is 5.54. The van der Waals surface area contributed by atoms with Crippen LogP contribution in [0.25, 0.3) is 11.6 Å². The molecule has 1 aliphatic rings. The first-order valence-electron chi connectivity index (χ1n) is 9.03. The maximum atomic E-state index is 12.2. The highest BCUT2D eigenvalue weighted by atomic mass is 32.2. The first-order valence-corrected chi connectivity index (χ1v) is 10.7. The van der Waals surface area contributed by atoms with E-state index < -0.39 is 14.6 Å². The minimum atomic E-state index is -3.08. The zero-order chi connectivity index (χ0) is 19.5. The number of aromatic amines is 1. The molecule has 1 aliphatic heterocycles. The van der Waals surface area contributed by atoms with Gasteiger partial charge in [0, 0.05) is 32.6 Å². The maximum Gasteiger partial charge on any atom is 0.216 e. The number of furan rings is 1. The molecule has 0 saturated carbocycles. The SMILES string of the molecule is CCNC(=NCCc1nc(-c2ccco2)n[nH]1)N1CCS(=O)(=O)C(C)(C)C1. The molecule has 0 radical (unpaired) electrons. The van der Waals surface area contributed by atoms with Crippen LogP contribution in [0.5, 0.6) is 0 Å². The number of H-pyrrole nitrogens is 1. The van der Waals surface area contributed by atoms with E-state index in [1.807, 2.05) is 11.8 Å². The van der Waals surface area contributed by atoms with E-state index in [1.165, 1.54) is 0 Å². The predicted octanol–water partition coefficient (Wildman–Crippen LogP) is 1.08. The molecule has 2 aromatic rings. The molecule has 0 atom stereocenters. The molecule has 2 aromatic heterocycles. The van der Waals surface area contributed by atoms with Gasteiger partial charge in [0.15, 0.2) is 21.6 Å². The Labute approximate surface area is 159 Å². The van der Waals surface area contributed by atoms with Crippen molar-refractivity contribution in [2.24, 2.45) is 4.99 Å². The normalized spacial score (nSPS) is 19.2. The number of guanidine groups is 1. The molecule has 1 saturated heterocycles. The molecule has 0 bridgehead atoms. The number of rotatable bonds is 5. The van der Waals surface area contributed by atoms with Crippen LogP contribution in [0.15, 0.2) is 27.8 Å². The largest absolute Gasteiger partial charge is 0.461 e. The third kappa shape index (κ3) is 4.32. The van der Waals surface area contributed by atoms with Crippen molar-refractivity contribution >= 4 is 15.8 Å². The average molecular weight is 395 g/mol. The minimum absolute atomic E-state index is 0.138. The molecule has 0 unspecified atom stereocenters. The Bertz CT molecular complexity index is 886. The summed E-state index contributed by atoms with van der Waals surface area (Å²) in [5.74, 6) is 2.73. The summed E-state index contributed by atoms with van der Waals surface area (Å²) in [6.45, 7) is 7.62. The fourth-order valence-corrected chi connectivity index (χ4v) is 4.31. The van der Waals surface area contributed by atoms with Crippen molar-refractivity contribution in [3.8, 4) is 11.6 Å². The summed E-state index contributed by atoms with van der Waals surface area (Å²) >= 11 is 0. The third-order valence-corrected chi connectivity index (χ3v) is 7.09. The van der Waals surface area contributed by atoms with E-state index in [9.17, 15) is 8.42 Å². The molecule has 3 rings (SSSR count). The molecular formula is C17H26N6O3S. The number of hydrogen-bond acceptors (Lipinski definition) is 6. The lowest BCUT2D eigenvalue weighted by Gasteiger charge is -2.39. The standard InChI is InChI=1S/C17H26N6O3S/c1-4-18-16(23-9-11-27(24,25)17(2,3)12-23)19-8-7-14-20-15(22-21-14)13-6-5-10-26-13/h5-6,10H,4,7-9,11-12H2,1-3H3,(H,18,19)(H,20,21,22). The zero-order valence-electron chi connectivity index (χ0n) is 15.9. The van der Waals surface area contributed by atoms with Crippen molar-refractivity contribution in [1.29, 1.82) is 0 Å². The van der Waals surface area contributed by atoms with Gasteiger partial charge >= 0.3 is 0 Å². The van der Waals surface area contributed by atoms with Gasteiger partial charge < -0.3 is 14.6 Å². The summed E-state index contributed by atoms with van der Waals surface area (Å²) in [5.41, 5.74) is 0. The topological polar surface area (TPSA) is 116 Å². The number of aliphatic imine (C=N–C) groups is 1. The molecule has 1 fully saturated rings. The van der Waals surface area contributed by atoms with Crippen LogP contribution in [0.2, 0.25) is 0 Å². The molecule has 10 heteroatoms. The van der Waals surface area contributed by atoms with Gasteiger partial charge in [0.1, 0.15) is 5.82 Å². The van der Waals surface area contributed by atoms with E-state index in [4.69, 9.17) is 4.42 Å². The van der Waals surface area contributed by atoms with E-state index >= 15 is 0 Å². The summed E-state index contributed by atoms with van der Waals surface area (Å²) in [6.07, 6.45) is 2.18. The van der Waals surface area contributed by atoms with Crippen molar-refractivity contribution < 1.29 is 12.8 Å². The maximum absolute atomic E-state index is 12.2. The smallest absolute Gasteiger partial charge is 0.216 e. The van der Waals surface area contributed by atoms with Gasteiger partial charge in [-0.3, -0.25) is 10.1 Å². The lowest BCUT2D eigenvalue weighted by atomic mass is 10.2. The molecule has 2 N–H and O–H groups in total. The van der Waals surface area contributed by atoms with Crippen molar-refractivity contribution in [3.05, 3.63) is 24.2 Å². The third-order valence-electron chi connectivity index (χ3n) is 4.56. The van der Waals surface area contributed by atoms with Crippen LogP contribution in [0.4, 0.5) is 0 Å². The molecule has 0 aromatic carbocycles. The van der Waals surface area contributed by atoms with Crippen LogP contribution in [0, 0.1) is 0 Å². The summed E-state index contributed by atoms with van der Waals surface area (Å²) in [5, 5.41) is 10.3. The second-order valence-corrected chi connectivity index (χ2v) is 9.81. The number of aromatic nitrogens is 3. The van der Waals surface area contributed by atoms with E-state index in [0.717, 1.165) is 11.8 Å². The molecule has 3 heterocycles. The fourth-order valence-electron chi connectivity index (χ4n) is 2.94. The summed E-state index contributed by atoms with van der Waals surface area (Å²) < 4.78 is 28.9. The number of hydrogen-bond donors (Lipinski definition) is 2. The van der Waals surface area contributed by atoms with Crippen LogP contribution < -0.4 is 5.32 Å². The highest BCUT2D eigenvalue weighted by Gasteiger charge is 2.40. The molecular weight excluding hydrogens is 368 g/mol. The van der Waals surface area contributed by atoms with Gasteiger partial charge in [-0.1, -0.05) is 0 Å². The van der Waals surface area contributed by atoms with E-state index in [-0.39, 0.29) is 5.75 Å².